The predicted octanol–water partition coefficient (Wildman–Crippen LogP) is -0.413. The van der Waals surface area contributed by atoms with E-state index in [2.05, 4.69) is 25.7 Å². The molecule has 0 saturated carbocycles. The number of nitrogens with zero attached hydrogens (tertiary/aromatic N) is 6. The average molecular weight is 221 g/mol. The van der Waals surface area contributed by atoms with Gasteiger partial charge in [0.2, 0.25) is 0 Å². The molecule has 7 nitrogen and oxygen atoms in total. The molecular weight excluding hydrogens is 206 g/mol. The van der Waals surface area contributed by atoms with E-state index in [1.54, 1.807) is 17.2 Å². The lowest BCUT2D eigenvalue weighted by Crippen LogP contribution is -2.19. The molecule has 0 spiro atoms. The Morgan fingerprint density at radius 3 is 3.06 bits per heavy atom. The highest BCUT2D eigenvalue weighted by atomic mass is 15.4. The number of aromatic nitrogens is 6. The van der Waals surface area contributed by atoms with Gasteiger partial charge in [-0.05, 0) is 13.0 Å². The van der Waals surface area contributed by atoms with Gasteiger partial charge in [-0.1, -0.05) is 5.21 Å². The second kappa shape index (κ2) is 5.36. The number of nitrogens with one attached hydrogen (secondary N) is 1. The van der Waals surface area contributed by atoms with Crippen molar-refractivity contribution in [2.45, 2.75) is 19.5 Å². The minimum absolute atomic E-state index is 0.744. The number of hydrogen-bond donors (Lipinski definition) is 1. The van der Waals surface area contributed by atoms with Crippen LogP contribution in [0, 0.1) is 0 Å². The highest BCUT2D eigenvalue weighted by Crippen LogP contribution is 1.90. The van der Waals surface area contributed by atoms with Gasteiger partial charge in [0.05, 0.1) is 12.7 Å². The molecule has 0 aliphatic heterocycles. The maximum Gasteiger partial charge on any atom is 0.140 e. The van der Waals surface area contributed by atoms with E-state index in [-0.39, 0.29) is 0 Å². The summed E-state index contributed by atoms with van der Waals surface area (Å²) >= 11 is 0. The van der Waals surface area contributed by atoms with Crippen LogP contribution in [0.25, 0.3) is 0 Å². The molecule has 2 aromatic rings. The molecule has 0 unspecified atom stereocenters. The summed E-state index contributed by atoms with van der Waals surface area (Å²) in [5, 5.41) is 14.9. The van der Waals surface area contributed by atoms with E-state index in [1.165, 1.54) is 0 Å². The Hall–Kier alpha value is -1.76. The van der Waals surface area contributed by atoms with E-state index in [0.29, 0.717) is 0 Å². The standard InChI is InChI=1S/C9H15N7/c1-15-9(11-8-13-15)7-10-3-2-5-16-6-4-12-14-16/h4,6,8,10H,2-3,5,7H2,1H3. The van der Waals surface area contributed by atoms with Crippen LogP contribution in [-0.2, 0) is 20.1 Å². The molecule has 0 aliphatic carbocycles. The average Bonchev–Trinajstić information content (AvgIpc) is 2.90. The molecule has 86 valence electrons. The summed E-state index contributed by atoms with van der Waals surface area (Å²) in [5.74, 6) is 0.945. The zero-order valence-corrected chi connectivity index (χ0v) is 9.24. The van der Waals surface area contributed by atoms with Crippen molar-refractivity contribution in [1.82, 2.24) is 35.1 Å². The summed E-state index contributed by atoms with van der Waals surface area (Å²) in [7, 11) is 1.89. The minimum Gasteiger partial charge on any atom is -0.310 e. The third-order valence-corrected chi connectivity index (χ3v) is 2.30. The van der Waals surface area contributed by atoms with Crippen LogP contribution >= 0.6 is 0 Å². The maximum absolute atomic E-state index is 4.13. The molecule has 2 heterocycles. The first kappa shape index (κ1) is 10.7. The van der Waals surface area contributed by atoms with Gasteiger partial charge in [-0.15, -0.1) is 5.10 Å². The Morgan fingerprint density at radius 1 is 1.44 bits per heavy atom. The summed E-state index contributed by atoms with van der Waals surface area (Å²) in [4.78, 5) is 4.13. The number of aryl methyl sites for hydroxylation is 2. The lowest BCUT2D eigenvalue weighted by molar-refractivity contribution is 0.520. The zero-order chi connectivity index (χ0) is 11.2. The maximum atomic E-state index is 4.13. The molecule has 1 N–H and O–H groups in total. The fourth-order valence-electron chi connectivity index (χ4n) is 1.40. The Bertz CT molecular complexity index is 405. The molecule has 0 atom stereocenters. The van der Waals surface area contributed by atoms with Crippen molar-refractivity contribution in [3.05, 3.63) is 24.5 Å². The fraction of sp³-hybridized carbons (Fsp3) is 0.556. The van der Waals surface area contributed by atoms with Crippen molar-refractivity contribution in [3.8, 4) is 0 Å². The third kappa shape index (κ3) is 2.86. The summed E-state index contributed by atoms with van der Waals surface area (Å²) in [6.07, 6.45) is 6.13. The minimum atomic E-state index is 0.744. The number of hydrogen-bond acceptors (Lipinski definition) is 5. The summed E-state index contributed by atoms with van der Waals surface area (Å²) < 4.78 is 3.59. The van der Waals surface area contributed by atoms with Gasteiger partial charge < -0.3 is 5.32 Å². The van der Waals surface area contributed by atoms with Gasteiger partial charge in [0.25, 0.3) is 0 Å². The van der Waals surface area contributed by atoms with Gasteiger partial charge in [-0.25, -0.2) is 4.98 Å². The van der Waals surface area contributed by atoms with Crippen molar-refractivity contribution in [2.24, 2.45) is 7.05 Å². The summed E-state index contributed by atoms with van der Waals surface area (Å²) in [6.45, 7) is 2.55. The van der Waals surface area contributed by atoms with Gasteiger partial charge in [-0.2, -0.15) is 5.10 Å². The lowest BCUT2D eigenvalue weighted by Gasteiger charge is -2.03. The fourth-order valence-corrected chi connectivity index (χ4v) is 1.40. The first-order chi connectivity index (χ1) is 7.86. The van der Waals surface area contributed by atoms with Crippen LogP contribution in [0.15, 0.2) is 18.7 Å². The second-order valence-electron chi connectivity index (χ2n) is 3.50. The second-order valence-corrected chi connectivity index (χ2v) is 3.50. The van der Waals surface area contributed by atoms with E-state index in [0.717, 1.165) is 31.9 Å². The monoisotopic (exact) mass is 221 g/mol. The molecule has 0 saturated heterocycles. The third-order valence-electron chi connectivity index (χ3n) is 2.30. The smallest absolute Gasteiger partial charge is 0.140 e. The first-order valence-corrected chi connectivity index (χ1v) is 5.24. The van der Waals surface area contributed by atoms with Gasteiger partial charge in [0, 0.05) is 19.8 Å². The Balaban J connectivity index is 1.61. The SMILES string of the molecule is Cn1ncnc1CNCCCn1ccnn1. The van der Waals surface area contributed by atoms with Crippen LogP contribution < -0.4 is 5.32 Å². The summed E-state index contributed by atoms with van der Waals surface area (Å²) in [5.41, 5.74) is 0. The molecule has 0 aliphatic rings. The molecule has 7 heteroatoms. The van der Waals surface area contributed by atoms with E-state index >= 15 is 0 Å². The van der Waals surface area contributed by atoms with Crippen molar-refractivity contribution < 1.29 is 0 Å². The Morgan fingerprint density at radius 2 is 2.38 bits per heavy atom. The molecule has 2 rings (SSSR count). The van der Waals surface area contributed by atoms with Crippen LogP contribution in [0.3, 0.4) is 0 Å². The zero-order valence-electron chi connectivity index (χ0n) is 9.24. The van der Waals surface area contributed by atoms with Crippen LogP contribution in [0.5, 0.6) is 0 Å². The first-order valence-electron chi connectivity index (χ1n) is 5.24. The molecule has 0 amide bonds. The summed E-state index contributed by atoms with van der Waals surface area (Å²) in [6, 6.07) is 0. The van der Waals surface area contributed by atoms with Crippen LogP contribution in [0.4, 0.5) is 0 Å². The van der Waals surface area contributed by atoms with Crippen molar-refractivity contribution in [3.63, 3.8) is 0 Å². The van der Waals surface area contributed by atoms with Crippen molar-refractivity contribution in [2.75, 3.05) is 6.54 Å². The van der Waals surface area contributed by atoms with Gasteiger partial charge in [0.15, 0.2) is 0 Å². The predicted molar refractivity (Wildman–Crippen MR) is 57.3 cm³/mol. The van der Waals surface area contributed by atoms with Crippen LogP contribution in [0.1, 0.15) is 12.2 Å². The molecule has 16 heavy (non-hydrogen) atoms. The molecular formula is C9H15N7. The van der Waals surface area contributed by atoms with E-state index in [1.807, 2.05) is 17.9 Å². The van der Waals surface area contributed by atoms with Gasteiger partial charge >= 0.3 is 0 Å². The van der Waals surface area contributed by atoms with Crippen molar-refractivity contribution >= 4 is 0 Å². The number of rotatable bonds is 6. The highest BCUT2D eigenvalue weighted by Gasteiger charge is 1.98. The van der Waals surface area contributed by atoms with Gasteiger partial charge in [-0.3, -0.25) is 9.36 Å². The highest BCUT2D eigenvalue weighted by molar-refractivity contribution is 4.81. The Kier molecular flexibility index (Phi) is 3.60. The molecule has 0 radical (unpaired) electrons. The molecule has 0 bridgehead atoms. The van der Waals surface area contributed by atoms with E-state index in [9.17, 15) is 0 Å². The van der Waals surface area contributed by atoms with E-state index < -0.39 is 0 Å². The topological polar surface area (TPSA) is 73.5 Å². The molecule has 2 aromatic heterocycles. The normalized spacial score (nSPS) is 10.8. The van der Waals surface area contributed by atoms with Crippen molar-refractivity contribution in [1.29, 1.82) is 0 Å². The lowest BCUT2D eigenvalue weighted by atomic mass is 10.4. The molecule has 0 fully saturated rings. The Labute approximate surface area is 93.5 Å². The van der Waals surface area contributed by atoms with E-state index in [4.69, 9.17) is 0 Å². The van der Waals surface area contributed by atoms with Gasteiger partial charge in [0.1, 0.15) is 12.2 Å². The van der Waals surface area contributed by atoms with Crippen LogP contribution in [-0.4, -0.2) is 36.3 Å². The largest absolute Gasteiger partial charge is 0.310 e. The quantitative estimate of drug-likeness (QED) is 0.671. The van der Waals surface area contributed by atoms with Crippen LogP contribution in [0.2, 0.25) is 0 Å². The molecule has 0 aromatic carbocycles.